The molecule has 4 rings (SSSR count). The molecule has 1 aliphatic carbocycles. The van der Waals surface area contributed by atoms with Gasteiger partial charge in [0.05, 0.1) is 12.6 Å². The highest BCUT2D eigenvalue weighted by molar-refractivity contribution is 6.06. The van der Waals surface area contributed by atoms with Crippen molar-refractivity contribution in [2.75, 3.05) is 12.4 Å². The summed E-state index contributed by atoms with van der Waals surface area (Å²) in [6.45, 7) is 5.19. The van der Waals surface area contributed by atoms with Crippen molar-refractivity contribution in [1.29, 1.82) is 0 Å². The number of aromatic nitrogens is 1. The summed E-state index contributed by atoms with van der Waals surface area (Å²) in [6, 6.07) is 13.9. The highest BCUT2D eigenvalue weighted by Gasteiger charge is 2.17. The summed E-state index contributed by atoms with van der Waals surface area (Å²) < 4.78 is 5.16. The van der Waals surface area contributed by atoms with Crippen LogP contribution in [0.3, 0.4) is 0 Å². The maximum atomic E-state index is 12.6. The Bertz CT molecular complexity index is 1050. The largest absolute Gasteiger partial charge is 0.497 e. The van der Waals surface area contributed by atoms with Gasteiger partial charge < -0.3 is 15.4 Å². The van der Waals surface area contributed by atoms with Crippen molar-refractivity contribution in [2.45, 2.75) is 52.1 Å². The van der Waals surface area contributed by atoms with Crippen molar-refractivity contribution < 1.29 is 9.53 Å². The van der Waals surface area contributed by atoms with Crippen LogP contribution in [-0.4, -0.2) is 24.0 Å². The molecule has 0 aliphatic heterocycles. The Balaban J connectivity index is 1.44. The average Bonchev–Trinajstić information content (AvgIpc) is 2.80. The molecule has 31 heavy (non-hydrogen) atoms. The standard InChI is InChI=1S/C26H31N3O2/c1-17-4-9-22(10-5-17)27-15-19-14-21-8-13-24(18(2)25(21)28-16-19)29-26(30)20-6-11-23(31-3)12-7-20/h6-8,11-14,16-17,22,27H,4-5,9-10,15H2,1-3H3,(H,29,30). The van der Waals surface area contributed by atoms with Gasteiger partial charge in [-0.1, -0.05) is 13.0 Å². The van der Waals surface area contributed by atoms with Gasteiger partial charge in [-0.3, -0.25) is 9.78 Å². The van der Waals surface area contributed by atoms with Crippen LogP contribution in [0.2, 0.25) is 0 Å². The lowest BCUT2D eigenvalue weighted by Gasteiger charge is -2.27. The number of nitrogens with zero attached hydrogens (tertiary/aromatic N) is 1. The molecule has 0 spiro atoms. The Kier molecular flexibility index (Phi) is 6.52. The number of aryl methyl sites for hydroxylation is 1. The fourth-order valence-electron chi connectivity index (χ4n) is 4.29. The Hall–Kier alpha value is -2.92. The second-order valence-electron chi connectivity index (χ2n) is 8.67. The monoisotopic (exact) mass is 417 g/mol. The van der Waals surface area contributed by atoms with Crippen LogP contribution < -0.4 is 15.4 Å². The third kappa shape index (κ3) is 5.05. The van der Waals surface area contributed by atoms with Crippen LogP contribution in [0.5, 0.6) is 5.75 Å². The minimum atomic E-state index is -0.146. The number of benzene rings is 2. The fraction of sp³-hybridized carbons (Fsp3) is 0.385. The predicted octanol–water partition coefficient (Wildman–Crippen LogP) is 5.47. The maximum Gasteiger partial charge on any atom is 0.255 e. The Morgan fingerprint density at radius 2 is 1.84 bits per heavy atom. The highest BCUT2D eigenvalue weighted by Crippen LogP contribution is 2.26. The molecule has 0 unspecified atom stereocenters. The molecule has 1 amide bonds. The van der Waals surface area contributed by atoms with Gasteiger partial charge in [0.2, 0.25) is 0 Å². The van der Waals surface area contributed by atoms with Crippen molar-refractivity contribution in [2.24, 2.45) is 5.92 Å². The normalized spacial score (nSPS) is 18.7. The van der Waals surface area contributed by atoms with Crippen LogP contribution in [-0.2, 0) is 6.54 Å². The molecule has 2 aromatic carbocycles. The number of methoxy groups -OCH3 is 1. The topological polar surface area (TPSA) is 63.2 Å². The van der Waals surface area contributed by atoms with E-state index in [1.807, 2.05) is 25.3 Å². The number of hydrogen-bond acceptors (Lipinski definition) is 4. The van der Waals surface area contributed by atoms with Gasteiger partial charge in [-0.2, -0.15) is 0 Å². The van der Waals surface area contributed by atoms with Gasteiger partial charge in [0.25, 0.3) is 5.91 Å². The Morgan fingerprint density at radius 3 is 2.55 bits per heavy atom. The molecule has 1 aliphatic rings. The van der Waals surface area contributed by atoms with E-state index in [4.69, 9.17) is 9.72 Å². The first kappa shape index (κ1) is 21.3. The summed E-state index contributed by atoms with van der Waals surface area (Å²) in [4.78, 5) is 17.3. The zero-order chi connectivity index (χ0) is 21.8. The van der Waals surface area contributed by atoms with E-state index in [1.165, 1.54) is 31.2 Å². The highest BCUT2D eigenvalue weighted by atomic mass is 16.5. The number of anilines is 1. The minimum absolute atomic E-state index is 0.146. The van der Waals surface area contributed by atoms with Crippen LogP contribution in [0, 0.1) is 12.8 Å². The molecule has 0 atom stereocenters. The molecule has 0 bridgehead atoms. The van der Waals surface area contributed by atoms with Crippen molar-refractivity contribution in [3.63, 3.8) is 0 Å². The van der Waals surface area contributed by atoms with Gasteiger partial charge in [-0.25, -0.2) is 0 Å². The number of carbonyl (C=O) groups is 1. The quantitative estimate of drug-likeness (QED) is 0.558. The first-order valence-electron chi connectivity index (χ1n) is 11.1. The average molecular weight is 418 g/mol. The van der Waals surface area contributed by atoms with Crippen LogP contribution >= 0.6 is 0 Å². The third-order valence-electron chi connectivity index (χ3n) is 6.37. The zero-order valence-corrected chi connectivity index (χ0v) is 18.6. The number of amides is 1. The predicted molar refractivity (Wildman–Crippen MR) is 126 cm³/mol. The third-order valence-corrected chi connectivity index (χ3v) is 6.37. The van der Waals surface area contributed by atoms with Crippen molar-refractivity contribution >= 4 is 22.5 Å². The lowest BCUT2D eigenvalue weighted by molar-refractivity contribution is 0.102. The molecule has 0 radical (unpaired) electrons. The molecule has 2 N–H and O–H groups in total. The molecular formula is C26H31N3O2. The number of fused-ring (bicyclic) bond motifs is 1. The first-order chi connectivity index (χ1) is 15.0. The molecule has 5 heteroatoms. The molecule has 5 nitrogen and oxygen atoms in total. The second-order valence-corrected chi connectivity index (χ2v) is 8.67. The van der Waals surface area contributed by atoms with Gasteiger partial charge in [0.15, 0.2) is 0 Å². The van der Waals surface area contributed by atoms with Crippen LogP contribution in [0.15, 0.2) is 48.7 Å². The van der Waals surface area contributed by atoms with Gasteiger partial charge in [-0.15, -0.1) is 0 Å². The zero-order valence-electron chi connectivity index (χ0n) is 18.6. The van der Waals surface area contributed by atoms with E-state index in [2.05, 4.69) is 23.6 Å². The number of carbonyl (C=O) groups excluding carboxylic acids is 1. The summed E-state index contributed by atoms with van der Waals surface area (Å²) in [5.41, 5.74) is 4.46. The second kappa shape index (κ2) is 9.48. The van der Waals surface area contributed by atoms with E-state index < -0.39 is 0 Å². The van der Waals surface area contributed by atoms with Gasteiger partial charge >= 0.3 is 0 Å². The van der Waals surface area contributed by atoms with E-state index in [0.717, 1.165) is 40.4 Å². The first-order valence-corrected chi connectivity index (χ1v) is 11.1. The Morgan fingerprint density at radius 1 is 1.10 bits per heavy atom. The van der Waals surface area contributed by atoms with E-state index in [9.17, 15) is 4.79 Å². The van der Waals surface area contributed by atoms with Crippen molar-refractivity contribution in [3.8, 4) is 5.75 Å². The summed E-state index contributed by atoms with van der Waals surface area (Å²) >= 11 is 0. The van der Waals surface area contributed by atoms with Gasteiger partial charge in [0, 0.05) is 35.4 Å². The summed E-state index contributed by atoms with van der Waals surface area (Å²) in [6.07, 6.45) is 7.11. The minimum Gasteiger partial charge on any atom is -0.497 e. The van der Waals surface area contributed by atoms with Crippen molar-refractivity contribution in [1.82, 2.24) is 10.3 Å². The molecule has 0 saturated heterocycles. The maximum absolute atomic E-state index is 12.6. The van der Waals surface area contributed by atoms with E-state index in [1.54, 1.807) is 31.4 Å². The number of hydrogen-bond donors (Lipinski definition) is 2. The summed E-state index contributed by atoms with van der Waals surface area (Å²) in [5.74, 6) is 1.45. The molecule has 162 valence electrons. The molecular weight excluding hydrogens is 386 g/mol. The SMILES string of the molecule is COc1ccc(C(=O)Nc2ccc3cc(CNC4CCC(C)CC4)cnc3c2C)cc1. The molecule has 3 aromatic rings. The van der Waals surface area contributed by atoms with E-state index >= 15 is 0 Å². The van der Waals surface area contributed by atoms with Crippen LogP contribution in [0.1, 0.15) is 54.1 Å². The van der Waals surface area contributed by atoms with Gasteiger partial charge in [-0.05, 0) is 86.1 Å². The lowest BCUT2D eigenvalue weighted by atomic mass is 9.87. The lowest BCUT2D eigenvalue weighted by Crippen LogP contribution is -2.32. The smallest absolute Gasteiger partial charge is 0.255 e. The summed E-state index contributed by atoms with van der Waals surface area (Å²) in [5, 5.41) is 7.80. The van der Waals surface area contributed by atoms with E-state index in [0.29, 0.717) is 11.6 Å². The Labute approximate surface area is 184 Å². The fourth-order valence-corrected chi connectivity index (χ4v) is 4.29. The van der Waals surface area contributed by atoms with Crippen molar-refractivity contribution in [3.05, 3.63) is 65.4 Å². The molecule has 1 heterocycles. The number of rotatable bonds is 6. The van der Waals surface area contributed by atoms with Crippen LogP contribution in [0.25, 0.3) is 10.9 Å². The van der Waals surface area contributed by atoms with E-state index in [-0.39, 0.29) is 5.91 Å². The molecule has 1 fully saturated rings. The summed E-state index contributed by atoms with van der Waals surface area (Å²) in [7, 11) is 1.61. The molecule has 1 saturated carbocycles. The number of nitrogens with one attached hydrogen (secondary N) is 2. The van der Waals surface area contributed by atoms with Crippen LogP contribution in [0.4, 0.5) is 5.69 Å². The number of pyridine rings is 1. The number of ether oxygens (including phenoxy) is 1. The van der Waals surface area contributed by atoms with Gasteiger partial charge in [0.1, 0.15) is 5.75 Å². The molecule has 1 aromatic heterocycles.